The minimum atomic E-state index is -0.605. The van der Waals surface area contributed by atoms with Crippen molar-refractivity contribution < 1.29 is 14.7 Å². The van der Waals surface area contributed by atoms with Gasteiger partial charge in [-0.1, -0.05) is 13.8 Å². The van der Waals surface area contributed by atoms with Crippen molar-refractivity contribution >= 4 is 11.8 Å². The van der Waals surface area contributed by atoms with Crippen molar-refractivity contribution in [3.63, 3.8) is 0 Å². The highest BCUT2D eigenvalue weighted by Crippen LogP contribution is 2.21. The number of likely N-dealkylation sites (tertiary alicyclic amines) is 1. The number of carbonyl (C=O) groups excluding carboxylic acids is 2. The Morgan fingerprint density at radius 3 is 2.42 bits per heavy atom. The number of nitrogens with one attached hydrogen (secondary N) is 1. The summed E-state index contributed by atoms with van der Waals surface area (Å²) in [6.07, 6.45) is 0.129. The smallest absolute Gasteiger partial charge is 0.243 e. The fraction of sp³-hybridized carbons (Fsp3) is 0.857. The van der Waals surface area contributed by atoms with Gasteiger partial charge in [-0.25, -0.2) is 0 Å². The average molecular weight is 270 g/mol. The highest BCUT2D eigenvalue weighted by atomic mass is 16.3. The Bertz CT molecular complexity index is 347. The number of aliphatic hydroxyl groups is 1. The Balaban J connectivity index is 2.74. The zero-order valence-corrected chi connectivity index (χ0v) is 12.6. The molecule has 0 bridgehead atoms. The molecule has 0 aliphatic carbocycles. The molecule has 1 aliphatic heterocycles. The first-order valence-corrected chi connectivity index (χ1v) is 6.89. The predicted molar refractivity (Wildman–Crippen MR) is 73.5 cm³/mol. The second-order valence-corrected chi connectivity index (χ2v) is 6.79. The molecule has 2 unspecified atom stereocenters. The van der Waals surface area contributed by atoms with Crippen LogP contribution in [0.3, 0.4) is 0 Å². The third kappa shape index (κ3) is 4.82. The van der Waals surface area contributed by atoms with Crippen LogP contribution in [0.2, 0.25) is 0 Å². The normalized spacial score (nSPS) is 23.8. The van der Waals surface area contributed by atoms with Gasteiger partial charge in [0.05, 0.1) is 6.10 Å². The maximum absolute atomic E-state index is 12.2. The lowest BCUT2D eigenvalue weighted by Gasteiger charge is -2.28. The van der Waals surface area contributed by atoms with Gasteiger partial charge in [-0.05, 0) is 26.7 Å². The summed E-state index contributed by atoms with van der Waals surface area (Å²) in [5.74, 6) is 0.0123. The number of aliphatic hydroxyl groups excluding tert-OH is 1. The van der Waals surface area contributed by atoms with Gasteiger partial charge < -0.3 is 15.3 Å². The molecule has 110 valence electrons. The fourth-order valence-corrected chi connectivity index (χ4v) is 2.26. The number of β-amino-alcohol motifs (C(OH)–C–C–N with tert-alkyl or cyclic N) is 1. The zero-order chi connectivity index (χ0) is 14.8. The van der Waals surface area contributed by atoms with Crippen LogP contribution in [0.15, 0.2) is 0 Å². The molecule has 1 heterocycles. The molecule has 5 nitrogen and oxygen atoms in total. The summed E-state index contributed by atoms with van der Waals surface area (Å²) in [5.41, 5.74) is -0.336. The van der Waals surface area contributed by atoms with Crippen LogP contribution in [0.4, 0.5) is 0 Å². The van der Waals surface area contributed by atoms with Gasteiger partial charge in [0, 0.05) is 24.9 Å². The average Bonchev–Trinajstić information content (AvgIpc) is 2.56. The largest absolute Gasteiger partial charge is 0.391 e. The summed E-state index contributed by atoms with van der Waals surface area (Å²) in [7, 11) is 0. The summed E-state index contributed by atoms with van der Waals surface area (Å²) in [4.78, 5) is 25.8. The Morgan fingerprint density at radius 2 is 1.95 bits per heavy atom. The van der Waals surface area contributed by atoms with Crippen molar-refractivity contribution in [2.75, 3.05) is 6.54 Å². The molecule has 19 heavy (non-hydrogen) atoms. The third-order valence-electron chi connectivity index (χ3n) is 2.98. The standard InChI is InChI=1S/C14H26N2O3/c1-9(2)6-12(18)16-8-10(17)7-11(16)13(19)15-14(3,4)5/h9-11,17H,6-8H2,1-5H3,(H,15,19). The molecule has 1 saturated heterocycles. The van der Waals surface area contributed by atoms with Crippen molar-refractivity contribution in [1.29, 1.82) is 0 Å². The Labute approximate surface area is 115 Å². The van der Waals surface area contributed by atoms with Crippen molar-refractivity contribution in [2.24, 2.45) is 5.92 Å². The van der Waals surface area contributed by atoms with Crippen LogP contribution in [-0.4, -0.2) is 46.1 Å². The molecule has 1 aliphatic rings. The Morgan fingerprint density at radius 1 is 1.37 bits per heavy atom. The van der Waals surface area contributed by atoms with Crippen molar-refractivity contribution in [2.45, 2.75) is 65.1 Å². The molecule has 1 fully saturated rings. The SMILES string of the molecule is CC(C)CC(=O)N1CC(O)CC1C(=O)NC(C)(C)C. The van der Waals surface area contributed by atoms with E-state index in [-0.39, 0.29) is 29.8 Å². The predicted octanol–water partition coefficient (Wildman–Crippen LogP) is 0.909. The van der Waals surface area contributed by atoms with Crippen LogP contribution in [0, 0.1) is 5.92 Å². The molecule has 0 aromatic carbocycles. The number of rotatable bonds is 3. The van der Waals surface area contributed by atoms with Gasteiger partial charge in [-0.3, -0.25) is 9.59 Å². The van der Waals surface area contributed by atoms with E-state index in [0.717, 1.165) is 0 Å². The fourth-order valence-electron chi connectivity index (χ4n) is 2.26. The van der Waals surface area contributed by atoms with Crippen molar-refractivity contribution in [3.05, 3.63) is 0 Å². The van der Waals surface area contributed by atoms with Crippen LogP contribution in [-0.2, 0) is 9.59 Å². The molecule has 0 aromatic rings. The number of amides is 2. The maximum atomic E-state index is 12.2. The number of hydrogen-bond donors (Lipinski definition) is 2. The molecule has 2 atom stereocenters. The van der Waals surface area contributed by atoms with Gasteiger partial charge in [0.15, 0.2) is 0 Å². The van der Waals surface area contributed by atoms with Gasteiger partial charge in [0.1, 0.15) is 6.04 Å². The van der Waals surface area contributed by atoms with Gasteiger partial charge in [0.25, 0.3) is 0 Å². The minimum Gasteiger partial charge on any atom is -0.391 e. The molecule has 0 saturated carbocycles. The minimum absolute atomic E-state index is 0.0550. The first-order chi connectivity index (χ1) is 8.60. The molecule has 5 heteroatoms. The van der Waals surface area contributed by atoms with E-state index in [1.54, 1.807) is 0 Å². The lowest BCUT2D eigenvalue weighted by Crippen LogP contribution is -2.51. The second-order valence-electron chi connectivity index (χ2n) is 6.79. The van der Waals surface area contributed by atoms with Crippen molar-refractivity contribution in [3.8, 4) is 0 Å². The van der Waals surface area contributed by atoms with Gasteiger partial charge in [-0.15, -0.1) is 0 Å². The van der Waals surface area contributed by atoms with Crippen LogP contribution < -0.4 is 5.32 Å². The number of carbonyl (C=O) groups is 2. The van der Waals surface area contributed by atoms with Gasteiger partial charge in [-0.2, -0.15) is 0 Å². The Kier molecular flexibility index (Phi) is 4.96. The van der Waals surface area contributed by atoms with E-state index in [1.807, 2.05) is 34.6 Å². The highest BCUT2D eigenvalue weighted by Gasteiger charge is 2.39. The lowest BCUT2D eigenvalue weighted by atomic mass is 10.1. The molecule has 2 N–H and O–H groups in total. The second kappa shape index (κ2) is 5.90. The van der Waals surface area contributed by atoms with Crippen LogP contribution in [0.25, 0.3) is 0 Å². The zero-order valence-electron chi connectivity index (χ0n) is 12.6. The van der Waals surface area contributed by atoms with E-state index in [9.17, 15) is 14.7 Å². The first-order valence-electron chi connectivity index (χ1n) is 6.89. The Hall–Kier alpha value is -1.10. The summed E-state index contributed by atoms with van der Waals surface area (Å²) in [5, 5.41) is 12.6. The van der Waals surface area contributed by atoms with E-state index in [0.29, 0.717) is 12.8 Å². The molecule has 0 spiro atoms. The van der Waals surface area contributed by atoms with E-state index >= 15 is 0 Å². The van der Waals surface area contributed by atoms with Crippen molar-refractivity contribution in [1.82, 2.24) is 10.2 Å². The molecule has 0 radical (unpaired) electrons. The summed E-state index contributed by atoms with van der Waals surface area (Å²) in [6.45, 7) is 9.89. The topological polar surface area (TPSA) is 69.6 Å². The monoisotopic (exact) mass is 270 g/mol. The highest BCUT2D eigenvalue weighted by molar-refractivity contribution is 5.88. The van der Waals surface area contributed by atoms with E-state index in [4.69, 9.17) is 0 Å². The quantitative estimate of drug-likeness (QED) is 0.801. The van der Waals surface area contributed by atoms with Crippen LogP contribution >= 0.6 is 0 Å². The van der Waals surface area contributed by atoms with E-state index in [1.165, 1.54) is 4.90 Å². The molecular weight excluding hydrogens is 244 g/mol. The summed E-state index contributed by atoms with van der Waals surface area (Å²) in [6, 6.07) is -0.541. The molecule has 0 aromatic heterocycles. The summed E-state index contributed by atoms with van der Waals surface area (Å²) >= 11 is 0. The van der Waals surface area contributed by atoms with Crippen LogP contribution in [0.1, 0.15) is 47.5 Å². The molecular formula is C14H26N2O3. The van der Waals surface area contributed by atoms with E-state index < -0.39 is 12.1 Å². The third-order valence-corrected chi connectivity index (χ3v) is 2.98. The first kappa shape index (κ1) is 16.0. The van der Waals surface area contributed by atoms with Gasteiger partial charge >= 0.3 is 0 Å². The summed E-state index contributed by atoms with van der Waals surface area (Å²) < 4.78 is 0. The van der Waals surface area contributed by atoms with E-state index in [2.05, 4.69) is 5.32 Å². The lowest BCUT2D eigenvalue weighted by molar-refractivity contribution is -0.139. The number of hydrogen-bond acceptors (Lipinski definition) is 3. The molecule has 1 rings (SSSR count). The molecule has 2 amide bonds. The van der Waals surface area contributed by atoms with Gasteiger partial charge in [0.2, 0.25) is 11.8 Å². The number of nitrogens with zero attached hydrogens (tertiary/aromatic N) is 1. The maximum Gasteiger partial charge on any atom is 0.243 e. The van der Waals surface area contributed by atoms with Crippen LogP contribution in [0.5, 0.6) is 0 Å².